The highest BCUT2D eigenvalue weighted by Crippen LogP contribution is 2.21. The first kappa shape index (κ1) is 21.5. The summed E-state index contributed by atoms with van der Waals surface area (Å²) in [6, 6.07) is 0. The Hall–Kier alpha value is -0.570. The molecule has 1 aliphatic heterocycles. The van der Waals surface area contributed by atoms with E-state index in [-0.39, 0.29) is 18.0 Å². The van der Waals surface area contributed by atoms with E-state index >= 15 is 0 Å². The average Bonchev–Trinajstić information content (AvgIpc) is 3.41. The number of unbranched alkanes of at least 4 members (excludes halogenated alkanes) is 10. The van der Waals surface area contributed by atoms with E-state index in [0.717, 1.165) is 19.4 Å². The zero-order valence-electron chi connectivity index (χ0n) is 16.2. The van der Waals surface area contributed by atoms with Crippen molar-refractivity contribution < 1.29 is 14.3 Å². The Morgan fingerprint density at radius 3 is 1.79 bits per heavy atom. The second kappa shape index (κ2) is 14.7. The average molecular weight is 341 g/mol. The highest BCUT2D eigenvalue weighted by atomic mass is 16.6. The van der Waals surface area contributed by atoms with Gasteiger partial charge in [0.2, 0.25) is 0 Å². The van der Waals surface area contributed by atoms with E-state index in [2.05, 4.69) is 13.8 Å². The molecule has 24 heavy (non-hydrogen) atoms. The van der Waals surface area contributed by atoms with E-state index in [9.17, 15) is 4.79 Å². The number of ether oxygens (including phenoxy) is 2. The van der Waals surface area contributed by atoms with E-state index < -0.39 is 0 Å². The van der Waals surface area contributed by atoms with Gasteiger partial charge in [0.1, 0.15) is 12.7 Å². The van der Waals surface area contributed by atoms with Crippen molar-refractivity contribution in [3.8, 4) is 0 Å². The van der Waals surface area contributed by atoms with Crippen LogP contribution >= 0.6 is 0 Å². The number of esters is 1. The minimum absolute atomic E-state index is 0.0209. The summed E-state index contributed by atoms with van der Waals surface area (Å²) in [6.45, 7) is 5.71. The molecular weight excluding hydrogens is 300 g/mol. The smallest absolute Gasteiger partial charge is 0.309 e. The summed E-state index contributed by atoms with van der Waals surface area (Å²) in [5.41, 5.74) is 0. The van der Waals surface area contributed by atoms with E-state index in [1.807, 2.05) is 0 Å². The summed E-state index contributed by atoms with van der Waals surface area (Å²) in [5.74, 6) is 0.133. The zero-order valence-corrected chi connectivity index (χ0v) is 16.2. The van der Waals surface area contributed by atoms with Crippen LogP contribution in [0.5, 0.6) is 0 Å². The lowest BCUT2D eigenvalue weighted by Gasteiger charge is -2.16. The molecular formula is C21H40O3. The van der Waals surface area contributed by atoms with Crippen molar-refractivity contribution in [2.45, 2.75) is 110 Å². The molecule has 0 amide bonds. The van der Waals surface area contributed by atoms with Gasteiger partial charge in [-0.2, -0.15) is 0 Å². The third-order valence-electron chi connectivity index (χ3n) is 4.96. The number of hydrogen-bond donors (Lipinski definition) is 0. The Bertz CT molecular complexity index is 283. The molecule has 0 radical (unpaired) electrons. The molecule has 0 aromatic rings. The number of hydrogen-bond acceptors (Lipinski definition) is 3. The van der Waals surface area contributed by atoms with Crippen LogP contribution in [0.2, 0.25) is 0 Å². The fourth-order valence-electron chi connectivity index (χ4n) is 3.18. The first-order valence-electron chi connectivity index (χ1n) is 10.6. The van der Waals surface area contributed by atoms with E-state index in [4.69, 9.17) is 9.47 Å². The highest BCUT2D eigenvalue weighted by Gasteiger charge is 2.26. The van der Waals surface area contributed by atoms with Crippen LogP contribution < -0.4 is 0 Å². The van der Waals surface area contributed by atoms with Crippen molar-refractivity contribution in [1.29, 1.82) is 0 Å². The summed E-state index contributed by atoms with van der Waals surface area (Å²) < 4.78 is 10.6. The highest BCUT2D eigenvalue weighted by molar-refractivity contribution is 5.72. The fourth-order valence-corrected chi connectivity index (χ4v) is 3.18. The molecule has 3 heteroatoms. The molecule has 1 fully saturated rings. The molecule has 1 rings (SSSR count). The van der Waals surface area contributed by atoms with Crippen molar-refractivity contribution in [2.24, 2.45) is 5.92 Å². The first-order valence-corrected chi connectivity index (χ1v) is 10.6. The summed E-state index contributed by atoms with van der Waals surface area (Å²) in [4.78, 5) is 12.3. The fraction of sp³-hybridized carbons (Fsp3) is 0.952. The minimum atomic E-state index is 0.0209. The SMILES string of the molecule is CCCCCCCCC(CCCCCCCC)C(=O)OCC1CO1. The van der Waals surface area contributed by atoms with Crippen molar-refractivity contribution in [3.05, 3.63) is 0 Å². The van der Waals surface area contributed by atoms with E-state index in [1.54, 1.807) is 0 Å². The maximum absolute atomic E-state index is 12.3. The molecule has 1 aliphatic rings. The van der Waals surface area contributed by atoms with Crippen LogP contribution in [0.3, 0.4) is 0 Å². The lowest BCUT2D eigenvalue weighted by atomic mass is 9.94. The Labute approximate surface area is 149 Å². The Morgan fingerprint density at radius 1 is 0.875 bits per heavy atom. The molecule has 142 valence electrons. The quantitative estimate of drug-likeness (QED) is 0.184. The van der Waals surface area contributed by atoms with Crippen LogP contribution in [0.4, 0.5) is 0 Å². The second-order valence-electron chi connectivity index (χ2n) is 7.40. The summed E-state index contributed by atoms with van der Waals surface area (Å²) in [5, 5.41) is 0. The van der Waals surface area contributed by atoms with Crippen molar-refractivity contribution in [1.82, 2.24) is 0 Å². The molecule has 0 aliphatic carbocycles. The predicted molar refractivity (Wildman–Crippen MR) is 100 cm³/mol. The van der Waals surface area contributed by atoms with Crippen LogP contribution in [0.1, 0.15) is 104 Å². The molecule has 0 bridgehead atoms. The molecule has 0 N–H and O–H groups in total. The summed E-state index contributed by atoms with van der Waals surface area (Å²) in [7, 11) is 0. The van der Waals surface area contributed by atoms with Gasteiger partial charge >= 0.3 is 5.97 Å². The molecule has 1 unspecified atom stereocenters. The van der Waals surface area contributed by atoms with Crippen LogP contribution in [0.25, 0.3) is 0 Å². The lowest BCUT2D eigenvalue weighted by molar-refractivity contribution is -0.149. The zero-order chi connectivity index (χ0) is 17.5. The number of carbonyl (C=O) groups is 1. The van der Waals surface area contributed by atoms with Gasteiger partial charge in [0.25, 0.3) is 0 Å². The van der Waals surface area contributed by atoms with Crippen LogP contribution in [-0.2, 0) is 14.3 Å². The molecule has 0 spiro atoms. The topological polar surface area (TPSA) is 38.8 Å². The van der Waals surface area contributed by atoms with Gasteiger partial charge in [0.15, 0.2) is 0 Å². The summed E-state index contributed by atoms with van der Waals surface area (Å²) >= 11 is 0. The van der Waals surface area contributed by atoms with E-state index in [0.29, 0.717) is 6.61 Å². The van der Waals surface area contributed by atoms with Crippen LogP contribution in [0, 0.1) is 5.92 Å². The van der Waals surface area contributed by atoms with E-state index in [1.165, 1.54) is 77.0 Å². The van der Waals surface area contributed by atoms with Gasteiger partial charge in [-0.25, -0.2) is 0 Å². The normalized spacial score (nSPS) is 16.5. The molecule has 0 aromatic heterocycles. The van der Waals surface area contributed by atoms with Gasteiger partial charge < -0.3 is 9.47 Å². The third-order valence-corrected chi connectivity index (χ3v) is 4.96. The Balaban J connectivity index is 2.16. The number of rotatable bonds is 17. The van der Waals surface area contributed by atoms with Crippen LogP contribution in [0.15, 0.2) is 0 Å². The predicted octanol–water partition coefficient (Wildman–Crippen LogP) is 6.05. The van der Waals surface area contributed by atoms with Gasteiger partial charge in [0, 0.05) is 0 Å². The van der Waals surface area contributed by atoms with Crippen molar-refractivity contribution in [3.63, 3.8) is 0 Å². The largest absolute Gasteiger partial charge is 0.463 e. The third kappa shape index (κ3) is 11.9. The molecule has 1 atom stereocenters. The van der Waals surface area contributed by atoms with Gasteiger partial charge in [-0.05, 0) is 12.8 Å². The monoisotopic (exact) mass is 340 g/mol. The van der Waals surface area contributed by atoms with Crippen LogP contribution in [-0.4, -0.2) is 25.3 Å². The standard InChI is InChI=1S/C21H40O3/c1-3-5-7-9-11-13-15-19(16-14-12-10-8-6-4-2)21(22)24-18-20-17-23-20/h19-20H,3-18H2,1-2H3. The molecule has 0 saturated carbocycles. The minimum Gasteiger partial charge on any atom is -0.463 e. The maximum atomic E-state index is 12.3. The Morgan fingerprint density at radius 2 is 1.33 bits per heavy atom. The van der Waals surface area contributed by atoms with Gasteiger partial charge in [-0.3, -0.25) is 4.79 Å². The van der Waals surface area contributed by atoms with Crippen molar-refractivity contribution in [2.75, 3.05) is 13.2 Å². The second-order valence-corrected chi connectivity index (χ2v) is 7.40. The van der Waals surface area contributed by atoms with Gasteiger partial charge in [-0.15, -0.1) is 0 Å². The van der Waals surface area contributed by atoms with Gasteiger partial charge in [-0.1, -0.05) is 90.9 Å². The first-order chi connectivity index (χ1) is 11.8. The van der Waals surface area contributed by atoms with Gasteiger partial charge in [0.05, 0.1) is 12.5 Å². The molecule has 1 heterocycles. The molecule has 3 nitrogen and oxygen atoms in total. The number of carbonyl (C=O) groups excluding carboxylic acids is 1. The van der Waals surface area contributed by atoms with Crippen molar-refractivity contribution >= 4 is 5.97 Å². The maximum Gasteiger partial charge on any atom is 0.309 e. The lowest BCUT2D eigenvalue weighted by Crippen LogP contribution is -2.20. The molecule has 1 saturated heterocycles. The number of epoxide rings is 1. The summed E-state index contributed by atoms with van der Waals surface area (Å²) in [6.07, 6.45) is 17.6. The molecule has 0 aromatic carbocycles. The Kier molecular flexibility index (Phi) is 13.2.